The third-order valence-corrected chi connectivity index (χ3v) is 12.4. The Labute approximate surface area is 260 Å². The number of carbonyl (C=O) groups is 2. The molecule has 0 spiro atoms. The summed E-state index contributed by atoms with van der Waals surface area (Å²) in [6.07, 6.45) is 0.788. The van der Waals surface area contributed by atoms with Crippen molar-refractivity contribution in [1.29, 1.82) is 0 Å². The zero-order valence-corrected chi connectivity index (χ0v) is 25.2. The summed E-state index contributed by atoms with van der Waals surface area (Å²) in [7, 11) is 0. The third-order valence-electron chi connectivity index (χ3n) is 9.81. The number of hydrogen-bond donors (Lipinski definition) is 1. The molecular formula is C33H27N3O6S2. The maximum Gasteiger partial charge on any atom is 0.305 e. The number of nitrogens with zero attached hydrogens (tertiary/aromatic N) is 2. The Balaban J connectivity index is 1.10. The molecule has 1 saturated heterocycles. The summed E-state index contributed by atoms with van der Waals surface area (Å²) in [5, 5.41) is 12.1. The quantitative estimate of drug-likeness (QED) is 0.161. The van der Waals surface area contributed by atoms with Crippen LogP contribution in [0.4, 0.5) is 11.4 Å². The third kappa shape index (κ3) is 4.16. The van der Waals surface area contributed by atoms with E-state index in [1.807, 2.05) is 12.1 Å². The molecule has 8 rings (SSSR count). The SMILES string of the molecule is Cc1ccc(COc2ccc([C@H]3c4sc(=O)[nH]c4SC4C5CC(C6C(=O)N(c7ccc([N+](=O)[O-])cc7)C(=O)C56)C43)cc2)cc1. The molecule has 9 nitrogen and oxygen atoms in total. The van der Waals surface area contributed by atoms with Gasteiger partial charge in [0, 0.05) is 28.2 Å². The lowest BCUT2D eigenvalue weighted by molar-refractivity contribution is -0.384. The second-order valence-corrected chi connectivity index (χ2v) is 14.3. The minimum atomic E-state index is -0.500. The normalized spacial score (nSPS) is 28.1. The first-order chi connectivity index (χ1) is 21.3. The van der Waals surface area contributed by atoms with E-state index in [9.17, 15) is 24.5 Å². The Morgan fingerprint density at radius 2 is 1.61 bits per heavy atom. The number of ether oxygens (including phenoxy) is 1. The molecule has 4 aromatic rings. The summed E-state index contributed by atoms with van der Waals surface area (Å²) in [4.78, 5) is 56.1. The van der Waals surface area contributed by atoms with Crippen LogP contribution >= 0.6 is 23.1 Å². The second kappa shape index (κ2) is 10.2. The predicted octanol–water partition coefficient (Wildman–Crippen LogP) is 5.91. The monoisotopic (exact) mass is 625 g/mol. The maximum atomic E-state index is 13.9. The highest BCUT2D eigenvalue weighted by Crippen LogP contribution is 2.68. The highest BCUT2D eigenvalue weighted by molar-refractivity contribution is 8.00. The Hall–Kier alpha value is -4.22. The van der Waals surface area contributed by atoms with Gasteiger partial charge in [0.05, 0.1) is 27.5 Å². The number of nitrogens with one attached hydrogen (secondary N) is 1. The van der Waals surface area contributed by atoms with Crippen LogP contribution in [0, 0.1) is 46.6 Å². The Kier molecular flexibility index (Phi) is 6.32. The highest BCUT2D eigenvalue weighted by Gasteiger charge is 2.69. The van der Waals surface area contributed by atoms with Gasteiger partial charge in [0.15, 0.2) is 0 Å². The molecule has 2 aliphatic heterocycles. The van der Waals surface area contributed by atoms with E-state index in [4.69, 9.17) is 4.74 Å². The number of carbonyl (C=O) groups excluding carboxylic acids is 2. The Morgan fingerprint density at radius 1 is 0.932 bits per heavy atom. The number of anilines is 1. The lowest BCUT2D eigenvalue weighted by atomic mass is 9.68. The predicted molar refractivity (Wildman–Crippen MR) is 166 cm³/mol. The summed E-state index contributed by atoms with van der Waals surface area (Å²) >= 11 is 2.88. The van der Waals surface area contributed by atoms with Gasteiger partial charge < -0.3 is 9.72 Å². The summed E-state index contributed by atoms with van der Waals surface area (Å²) in [6, 6.07) is 21.9. The first kappa shape index (κ1) is 27.3. The van der Waals surface area contributed by atoms with Gasteiger partial charge in [-0.15, -0.1) is 11.8 Å². The standard InChI is InChI=1S/C33H27N3O6S2/c1-16-2-4-17(5-3-16)15-42-21-12-6-18(7-13-21)24-25-22-14-23(28(25)43-30-29(24)44-33(39)34-30)27-26(22)31(37)35(32(27)38)19-8-10-20(11-9-19)36(40)41/h2-13,22-28H,14-15H2,1H3,(H,34,39)/t22?,23?,24-,25?,26?,27?,28?/m1/s1. The van der Waals surface area contributed by atoms with Crippen LogP contribution < -0.4 is 14.5 Å². The lowest BCUT2D eigenvalue weighted by Crippen LogP contribution is -2.42. The zero-order valence-electron chi connectivity index (χ0n) is 23.5. The van der Waals surface area contributed by atoms with Crippen molar-refractivity contribution in [3.05, 3.63) is 114 Å². The van der Waals surface area contributed by atoms with Crippen molar-refractivity contribution in [2.45, 2.75) is 36.1 Å². The fourth-order valence-electron chi connectivity index (χ4n) is 7.99. The number of non-ortho nitro benzene ring substituents is 1. The molecule has 1 N–H and O–H groups in total. The second-order valence-electron chi connectivity index (χ2n) is 12.1. The van der Waals surface area contributed by atoms with Crippen molar-refractivity contribution < 1.29 is 19.2 Å². The van der Waals surface area contributed by atoms with E-state index in [2.05, 4.69) is 48.3 Å². The summed E-state index contributed by atoms with van der Waals surface area (Å²) in [5.74, 6) is -0.597. The van der Waals surface area contributed by atoms with Gasteiger partial charge in [-0.1, -0.05) is 53.3 Å². The number of aromatic nitrogens is 1. The van der Waals surface area contributed by atoms with E-state index < -0.39 is 16.8 Å². The van der Waals surface area contributed by atoms with Crippen LogP contribution in [0.25, 0.3) is 0 Å². The molecule has 3 fully saturated rings. The van der Waals surface area contributed by atoms with Crippen molar-refractivity contribution in [2.75, 3.05) is 4.90 Å². The van der Waals surface area contributed by atoms with E-state index in [0.29, 0.717) is 12.3 Å². The van der Waals surface area contributed by atoms with Gasteiger partial charge in [-0.2, -0.15) is 0 Å². The molecule has 6 unspecified atom stereocenters. The fourth-order valence-corrected chi connectivity index (χ4v) is 10.9. The Bertz CT molecular complexity index is 1870. The molecule has 11 heteroatoms. The van der Waals surface area contributed by atoms with Gasteiger partial charge in [0.25, 0.3) is 5.69 Å². The highest BCUT2D eigenvalue weighted by atomic mass is 32.2. The van der Waals surface area contributed by atoms with Crippen molar-refractivity contribution in [2.24, 2.45) is 29.6 Å². The molecule has 44 heavy (non-hydrogen) atoms. The molecule has 4 aliphatic rings. The maximum absolute atomic E-state index is 13.9. The number of nitro benzene ring substituents is 1. The molecule has 2 aliphatic carbocycles. The molecule has 2 amide bonds. The fraction of sp³-hybridized carbons (Fsp3) is 0.303. The number of thioether (sulfide) groups is 1. The van der Waals surface area contributed by atoms with Crippen LogP contribution in [-0.4, -0.2) is 27.0 Å². The van der Waals surface area contributed by atoms with Crippen LogP contribution in [0.1, 0.15) is 33.9 Å². The molecule has 222 valence electrons. The van der Waals surface area contributed by atoms with Crippen LogP contribution in [0.2, 0.25) is 0 Å². The van der Waals surface area contributed by atoms with Crippen LogP contribution in [0.3, 0.4) is 0 Å². The average Bonchev–Trinajstić information content (AvgIpc) is 3.76. The van der Waals surface area contributed by atoms with E-state index in [1.165, 1.54) is 46.1 Å². The van der Waals surface area contributed by atoms with Crippen molar-refractivity contribution in [3.8, 4) is 5.75 Å². The van der Waals surface area contributed by atoms with Crippen molar-refractivity contribution >= 4 is 46.3 Å². The van der Waals surface area contributed by atoms with Gasteiger partial charge in [-0.05, 0) is 66.5 Å². The van der Waals surface area contributed by atoms with E-state index >= 15 is 0 Å². The molecule has 2 saturated carbocycles. The summed E-state index contributed by atoms with van der Waals surface area (Å²) < 4.78 is 6.06. The number of nitro groups is 1. The van der Waals surface area contributed by atoms with Crippen LogP contribution in [0.5, 0.6) is 5.75 Å². The zero-order chi connectivity index (χ0) is 30.3. The summed E-state index contributed by atoms with van der Waals surface area (Å²) in [6.45, 7) is 2.51. The topological polar surface area (TPSA) is 123 Å². The van der Waals surface area contributed by atoms with E-state index in [0.717, 1.165) is 33.2 Å². The van der Waals surface area contributed by atoms with E-state index in [-0.39, 0.29) is 51.3 Å². The van der Waals surface area contributed by atoms with Crippen molar-refractivity contribution in [3.63, 3.8) is 0 Å². The van der Waals surface area contributed by atoms with E-state index in [1.54, 1.807) is 11.8 Å². The molecular weight excluding hydrogens is 599 g/mol. The molecule has 1 aromatic heterocycles. The number of aromatic amines is 1. The lowest BCUT2D eigenvalue weighted by Gasteiger charge is -2.43. The number of hydrogen-bond acceptors (Lipinski definition) is 8. The van der Waals surface area contributed by atoms with Crippen LogP contribution in [-0.2, 0) is 16.2 Å². The average molecular weight is 626 g/mol. The van der Waals surface area contributed by atoms with Crippen LogP contribution in [0.15, 0.2) is 82.6 Å². The first-order valence-electron chi connectivity index (χ1n) is 14.6. The number of amides is 2. The molecule has 3 aromatic carbocycles. The number of thiazole rings is 1. The number of fused-ring (bicyclic) bond motifs is 9. The van der Waals surface area contributed by atoms with Gasteiger partial charge in [0.1, 0.15) is 12.4 Å². The minimum Gasteiger partial charge on any atom is -0.489 e. The number of H-pyrrole nitrogens is 1. The largest absolute Gasteiger partial charge is 0.489 e. The minimum absolute atomic E-state index is 0.00401. The number of rotatable bonds is 6. The molecule has 0 radical (unpaired) electrons. The number of benzene rings is 3. The smallest absolute Gasteiger partial charge is 0.305 e. The summed E-state index contributed by atoms with van der Waals surface area (Å²) in [5.41, 5.74) is 3.63. The van der Waals surface area contributed by atoms with Crippen molar-refractivity contribution in [1.82, 2.24) is 4.98 Å². The Morgan fingerprint density at radius 3 is 2.30 bits per heavy atom. The van der Waals surface area contributed by atoms with Gasteiger partial charge in [-0.3, -0.25) is 29.4 Å². The van der Waals surface area contributed by atoms with Gasteiger partial charge in [-0.25, -0.2) is 0 Å². The first-order valence-corrected chi connectivity index (χ1v) is 16.3. The number of imide groups is 1. The van der Waals surface area contributed by atoms with Gasteiger partial charge >= 0.3 is 4.87 Å². The number of aryl methyl sites for hydroxylation is 1. The molecule has 2 bridgehead atoms. The molecule has 7 atom stereocenters. The van der Waals surface area contributed by atoms with Gasteiger partial charge in [0.2, 0.25) is 11.8 Å². The molecule has 3 heterocycles.